The number of guanidine groups is 1. The second-order valence-electron chi connectivity index (χ2n) is 8.18. The summed E-state index contributed by atoms with van der Waals surface area (Å²) in [5.41, 5.74) is 0.917. The summed E-state index contributed by atoms with van der Waals surface area (Å²) in [6, 6.07) is 10.4. The predicted octanol–water partition coefficient (Wildman–Crippen LogP) is 4.18. The van der Waals surface area contributed by atoms with E-state index >= 15 is 0 Å². The molecule has 1 aromatic carbocycles. The summed E-state index contributed by atoms with van der Waals surface area (Å²) in [5, 5.41) is 11.9. The summed E-state index contributed by atoms with van der Waals surface area (Å²) < 4.78 is 28.2. The van der Waals surface area contributed by atoms with Crippen molar-refractivity contribution in [3.8, 4) is 0 Å². The molecule has 1 heterocycles. The summed E-state index contributed by atoms with van der Waals surface area (Å²) in [5.74, 6) is 2.62. The molecule has 1 aromatic heterocycles. The van der Waals surface area contributed by atoms with Crippen molar-refractivity contribution in [2.45, 2.75) is 62.8 Å². The first-order chi connectivity index (χ1) is 15.0. The molecule has 1 aliphatic rings. The van der Waals surface area contributed by atoms with Crippen molar-refractivity contribution in [2.75, 3.05) is 13.1 Å². The van der Waals surface area contributed by atoms with Gasteiger partial charge in [0.2, 0.25) is 10.0 Å². The molecule has 0 radical (unpaired) electrons. The van der Waals surface area contributed by atoms with E-state index in [-0.39, 0.29) is 28.9 Å². The minimum atomic E-state index is -3.68. The summed E-state index contributed by atoms with van der Waals surface area (Å²) >= 11 is 0. The Morgan fingerprint density at radius 1 is 1.06 bits per heavy atom. The van der Waals surface area contributed by atoms with Crippen LogP contribution in [0.3, 0.4) is 0 Å². The first kappa shape index (κ1) is 26.7. The Hall–Kier alpha value is -1.59. The quantitative estimate of drug-likeness (QED) is 0.162. The highest BCUT2D eigenvalue weighted by Gasteiger charge is 2.14. The molecule has 0 bridgehead atoms. The average Bonchev–Trinajstić information content (AvgIpc) is 3.45. The molecule has 3 rings (SSSR count). The number of rotatable bonds is 11. The van der Waals surface area contributed by atoms with E-state index in [2.05, 4.69) is 15.6 Å². The van der Waals surface area contributed by atoms with E-state index in [9.17, 15) is 8.42 Å². The molecule has 2 aromatic rings. The summed E-state index contributed by atoms with van der Waals surface area (Å²) in [6.45, 7) is 2.04. The van der Waals surface area contributed by atoms with Gasteiger partial charge in [-0.05, 0) is 42.2 Å². The fraction of sp³-hybridized carbons (Fsp3) is 0.522. The topological polar surface area (TPSA) is 110 Å². The van der Waals surface area contributed by atoms with E-state index in [1.807, 2.05) is 12.1 Å². The number of furan rings is 1. The highest BCUT2D eigenvalue weighted by atomic mass is 127. The monoisotopic (exact) mass is 574 g/mol. The molecule has 4 N–H and O–H groups in total. The van der Waals surface area contributed by atoms with Crippen molar-refractivity contribution in [3.63, 3.8) is 0 Å². The number of unbranched alkanes of at least 4 members (excludes halogenated alkanes) is 1. The molecule has 178 valence electrons. The zero-order chi connectivity index (χ0) is 21.9. The van der Waals surface area contributed by atoms with Crippen molar-refractivity contribution < 1.29 is 12.8 Å². The van der Waals surface area contributed by atoms with E-state index in [1.165, 1.54) is 50.7 Å². The molecule has 0 atom stereocenters. The van der Waals surface area contributed by atoms with Crippen molar-refractivity contribution in [3.05, 3.63) is 54.0 Å². The summed E-state index contributed by atoms with van der Waals surface area (Å²) in [7, 11) is -3.68. The van der Waals surface area contributed by atoms with Gasteiger partial charge in [-0.1, -0.05) is 50.7 Å². The van der Waals surface area contributed by atoms with E-state index < -0.39 is 10.0 Å². The summed E-state index contributed by atoms with van der Waals surface area (Å²) in [4.78, 5) is 4.77. The predicted molar refractivity (Wildman–Crippen MR) is 139 cm³/mol. The minimum Gasteiger partial charge on any atom is -0.469 e. The molecule has 0 aliphatic heterocycles. The number of nitrogens with one attached hydrogen (secondary N) is 2. The zero-order valence-electron chi connectivity index (χ0n) is 18.5. The van der Waals surface area contributed by atoms with Gasteiger partial charge in [0.25, 0.3) is 0 Å². The van der Waals surface area contributed by atoms with Gasteiger partial charge >= 0.3 is 0 Å². The number of aliphatic imine (C=N–C) groups is 1. The van der Waals surface area contributed by atoms with Gasteiger partial charge in [0, 0.05) is 19.5 Å². The third-order valence-electron chi connectivity index (χ3n) is 5.72. The number of halogens is 1. The normalized spacial score (nSPS) is 14.8. The number of sulfonamides is 1. The second kappa shape index (κ2) is 13.8. The Labute approximate surface area is 208 Å². The SMILES string of the molecule is I.NS(=O)(=O)c1ccc(CN=C(NCCCCC2CCCC2)NCCc2ccco2)cc1. The second-order valence-corrected chi connectivity index (χ2v) is 9.74. The van der Waals surface area contributed by atoms with Crippen LogP contribution in [0.4, 0.5) is 0 Å². The van der Waals surface area contributed by atoms with Crippen LogP contribution in [0.1, 0.15) is 56.3 Å². The number of primary sulfonamides is 1. The van der Waals surface area contributed by atoms with E-state index in [4.69, 9.17) is 9.56 Å². The lowest BCUT2D eigenvalue weighted by atomic mass is 10.0. The first-order valence-electron chi connectivity index (χ1n) is 11.2. The van der Waals surface area contributed by atoms with Gasteiger partial charge < -0.3 is 15.1 Å². The van der Waals surface area contributed by atoms with Crippen molar-refractivity contribution in [2.24, 2.45) is 16.0 Å². The van der Waals surface area contributed by atoms with Crippen molar-refractivity contribution >= 4 is 40.0 Å². The lowest BCUT2D eigenvalue weighted by Gasteiger charge is -2.13. The van der Waals surface area contributed by atoms with Crippen molar-refractivity contribution in [1.29, 1.82) is 0 Å². The molecule has 1 saturated carbocycles. The van der Waals surface area contributed by atoms with Crippen LogP contribution in [-0.4, -0.2) is 27.5 Å². The Kier molecular flexibility index (Phi) is 11.5. The van der Waals surface area contributed by atoms with Crippen LogP contribution in [0.2, 0.25) is 0 Å². The molecule has 9 heteroatoms. The lowest BCUT2D eigenvalue weighted by Crippen LogP contribution is -2.39. The van der Waals surface area contributed by atoms with Crippen LogP contribution in [0.5, 0.6) is 0 Å². The smallest absolute Gasteiger partial charge is 0.238 e. The highest BCUT2D eigenvalue weighted by molar-refractivity contribution is 14.0. The third-order valence-corrected chi connectivity index (χ3v) is 6.65. The van der Waals surface area contributed by atoms with Gasteiger partial charge in [-0.25, -0.2) is 18.5 Å². The number of nitrogens with two attached hydrogens (primary N) is 1. The van der Waals surface area contributed by atoms with Gasteiger partial charge in [-0.2, -0.15) is 0 Å². The standard InChI is InChI=1S/C23H34N4O3S.HI/c24-31(28,29)22-12-10-20(11-13-22)18-27-23(26-16-14-21-9-5-17-30-21)25-15-4-3-8-19-6-1-2-7-19;/h5,9-13,17,19H,1-4,6-8,14-16,18H2,(H2,24,28,29)(H2,25,26,27);1H. The van der Waals surface area contributed by atoms with E-state index in [0.29, 0.717) is 13.1 Å². The van der Waals surface area contributed by atoms with Gasteiger partial charge in [0.05, 0.1) is 17.7 Å². The molecule has 32 heavy (non-hydrogen) atoms. The summed E-state index contributed by atoms with van der Waals surface area (Å²) in [6.07, 6.45) is 11.8. The molecular formula is C23H35IN4O3S. The number of benzene rings is 1. The lowest BCUT2D eigenvalue weighted by molar-refractivity contribution is 0.472. The van der Waals surface area contributed by atoms with E-state index in [0.717, 1.165) is 42.6 Å². The molecule has 7 nitrogen and oxygen atoms in total. The maximum absolute atomic E-state index is 11.4. The van der Waals surface area contributed by atoms with Crippen LogP contribution < -0.4 is 15.8 Å². The highest BCUT2D eigenvalue weighted by Crippen LogP contribution is 2.28. The fourth-order valence-electron chi connectivity index (χ4n) is 3.95. The maximum Gasteiger partial charge on any atom is 0.238 e. The third kappa shape index (κ3) is 9.50. The van der Waals surface area contributed by atoms with Crippen LogP contribution in [0, 0.1) is 5.92 Å². The average molecular weight is 575 g/mol. The molecular weight excluding hydrogens is 539 g/mol. The van der Waals surface area contributed by atoms with Crippen LogP contribution in [0.15, 0.2) is 57.0 Å². The van der Waals surface area contributed by atoms with Crippen LogP contribution in [-0.2, 0) is 23.0 Å². The Morgan fingerprint density at radius 3 is 2.44 bits per heavy atom. The van der Waals surface area contributed by atoms with Gasteiger partial charge in [0.1, 0.15) is 5.76 Å². The van der Waals surface area contributed by atoms with Crippen LogP contribution in [0.25, 0.3) is 0 Å². The van der Waals surface area contributed by atoms with E-state index in [1.54, 1.807) is 18.4 Å². The molecule has 0 spiro atoms. The molecule has 0 amide bonds. The van der Waals surface area contributed by atoms with Gasteiger partial charge in [-0.3, -0.25) is 0 Å². The number of nitrogens with zero attached hydrogens (tertiary/aromatic N) is 1. The van der Waals surface area contributed by atoms with Crippen LogP contribution >= 0.6 is 24.0 Å². The Morgan fingerprint density at radius 2 is 1.78 bits per heavy atom. The molecule has 0 unspecified atom stereocenters. The first-order valence-corrected chi connectivity index (χ1v) is 12.7. The largest absolute Gasteiger partial charge is 0.469 e. The zero-order valence-corrected chi connectivity index (χ0v) is 21.6. The number of hydrogen-bond donors (Lipinski definition) is 3. The van der Waals surface area contributed by atoms with Gasteiger partial charge in [-0.15, -0.1) is 24.0 Å². The Balaban J connectivity index is 0.00000363. The fourth-order valence-corrected chi connectivity index (χ4v) is 4.47. The number of hydrogen-bond acceptors (Lipinski definition) is 4. The molecule has 0 saturated heterocycles. The maximum atomic E-state index is 11.4. The molecule has 1 fully saturated rings. The van der Waals surface area contributed by atoms with Crippen molar-refractivity contribution in [1.82, 2.24) is 10.6 Å². The van der Waals surface area contributed by atoms with Gasteiger partial charge in [0.15, 0.2) is 5.96 Å². The Bertz CT molecular complexity index is 909. The minimum absolute atomic E-state index is 0. The molecule has 1 aliphatic carbocycles.